The van der Waals surface area contributed by atoms with E-state index in [1.165, 1.54) is 0 Å². The van der Waals surface area contributed by atoms with Gasteiger partial charge in [-0.25, -0.2) is 8.42 Å². The zero-order chi connectivity index (χ0) is 10.5. The summed E-state index contributed by atoms with van der Waals surface area (Å²) < 4.78 is 23.2. The van der Waals surface area contributed by atoms with Crippen molar-refractivity contribution in [1.82, 2.24) is 4.72 Å². The van der Waals surface area contributed by atoms with Crippen molar-refractivity contribution >= 4 is 15.9 Å². The van der Waals surface area contributed by atoms with Crippen molar-refractivity contribution in [3.8, 4) is 0 Å². The first kappa shape index (κ1) is 12.4. The first-order valence-corrected chi connectivity index (χ1v) is 5.97. The third-order valence-electron chi connectivity index (χ3n) is 1.57. The maximum atomic E-state index is 11.1. The summed E-state index contributed by atoms with van der Waals surface area (Å²) in [6.45, 7) is 2.19. The highest BCUT2D eigenvalue weighted by molar-refractivity contribution is 7.89. The fourth-order valence-corrected chi connectivity index (χ4v) is 1.41. The van der Waals surface area contributed by atoms with Gasteiger partial charge in [-0.1, -0.05) is 6.92 Å². The molecule has 0 aliphatic carbocycles. The van der Waals surface area contributed by atoms with E-state index in [2.05, 4.69) is 0 Å². The molecule has 1 unspecified atom stereocenters. The Balaban J connectivity index is 3.97. The van der Waals surface area contributed by atoms with Crippen molar-refractivity contribution < 1.29 is 13.2 Å². The smallest absolute Gasteiger partial charge is 0.236 e. The molecule has 0 aliphatic rings. The van der Waals surface area contributed by atoms with Gasteiger partial charge >= 0.3 is 0 Å². The molecule has 0 aromatic rings. The quantitative estimate of drug-likeness (QED) is 0.633. The lowest BCUT2D eigenvalue weighted by Crippen LogP contribution is -2.33. The van der Waals surface area contributed by atoms with Gasteiger partial charge in [0, 0.05) is 5.92 Å². The molecule has 3 N–H and O–H groups in total. The molecule has 13 heavy (non-hydrogen) atoms. The number of hydrogen-bond donors (Lipinski definition) is 2. The van der Waals surface area contributed by atoms with E-state index in [1.807, 2.05) is 4.72 Å². The standard InChI is InChI=1S/C7H16N2O3S/c1-6(4-3-5-8)7(10)9-13(2,11)12/h6H,3-5,8H2,1-2H3,(H,9,10). The molecule has 0 radical (unpaired) electrons. The Morgan fingerprint density at radius 1 is 1.54 bits per heavy atom. The lowest BCUT2D eigenvalue weighted by Gasteiger charge is -2.09. The molecule has 0 saturated carbocycles. The van der Waals surface area contributed by atoms with E-state index in [9.17, 15) is 13.2 Å². The summed E-state index contributed by atoms with van der Waals surface area (Å²) in [5.41, 5.74) is 5.25. The molecular weight excluding hydrogens is 192 g/mol. The van der Waals surface area contributed by atoms with Crippen LogP contribution in [0.2, 0.25) is 0 Å². The number of nitrogens with two attached hydrogens (primary N) is 1. The van der Waals surface area contributed by atoms with Gasteiger partial charge in [-0.05, 0) is 19.4 Å². The van der Waals surface area contributed by atoms with Gasteiger partial charge in [-0.2, -0.15) is 0 Å². The molecule has 6 heteroatoms. The van der Waals surface area contributed by atoms with E-state index < -0.39 is 15.9 Å². The zero-order valence-corrected chi connectivity index (χ0v) is 8.73. The third kappa shape index (κ3) is 6.53. The molecule has 78 valence electrons. The van der Waals surface area contributed by atoms with Crippen LogP contribution in [0.5, 0.6) is 0 Å². The number of amides is 1. The Bertz CT molecular complexity index is 261. The third-order valence-corrected chi connectivity index (χ3v) is 2.15. The van der Waals surface area contributed by atoms with Crippen LogP contribution in [0.1, 0.15) is 19.8 Å². The Morgan fingerprint density at radius 3 is 2.46 bits per heavy atom. The molecule has 1 atom stereocenters. The lowest BCUT2D eigenvalue weighted by molar-refractivity contribution is -0.122. The van der Waals surface area contributed by atoms with Gasteiger partial charge in [0.2, 0.25) is 15.9 Å². The number of rotatable bonds is 5. The number of carbonyl (C=O) groups excluding carboxylic acids is 1. The molecule has 0 bridgehead atoms. The van der Waals surface area contributed by atoms with Crippen LogP contribution in [-0.2, 0) is 14.8 Å². The van der Waals surface area contributed by atoms with E-state index in [-0.39, 0.29) is 5.92 Å². The van der Waals surface area contributed by atoms with Crippen molar-refractivity contribution in [2.24, 2.45) is 11.7 Å². The van der Waals surface area contributed by atoms with Gasteiger partial charge in [0.15, 0.2) is 0 Å². The normalized spacial score (nSPS) is 13.8. The summed E-state index contributed by atoms with van der Waals surface area (Å²) in [6.07, 6.45) is 2.29. The highest BCUT2D eigenvalue weighted by Crippen LogP contribution is 2.04. The van der Waals surface area contributed by atoms with Crippen molar-refractivity contribution in [1.29, 1.82) is 0 Å². The van der Waals surface area contributed by atoms with Crippen molar-refractivity contribution in [2.45, 2.75) is 19.8 Å². The van der Waals surface area contributed by atoms with Crippen molar-refractivity contribution in [3.05, 3.63) is 0 Å². The van der Waals surface area contributed by atoms with Crippen LogP contribution >= 0.6 is 0 Å². The van der Waals surface area contributed by atoms with E-state index in [0.29, 0.717) is 13.0 Å². The van der Waals surface area contributed by atoms with Crippen LogP contribution in [0.25, 0.3) is 0 Å². The fourth-order valence-electron chi connectivity index (χ4n) is 0.838. The molecule has 0 heterocycles. The summed E-state index contributed by atoms with van der Waals surface area (Å²) >= 11 is 0. The first-order valence-electron chi connectivity index (χ1n) is 4.08. The monoisotopic (exact) mass is 208 g/mol. The molecule has 0 aromatic carbocycles. The summed E-state index contributed by atoms with van der Waals surface area (Å²) in [4.78, 5) is 11.1. The van der Waals surface area contributed by atoms with Gasteiger partial charge in [0.25, 0.3) is 0 Å². The van der Waals surface area contributed by atoms with Crippen LogP contribution < -0.4 is 10.5 Å². The van der Waals surface area contributed by atoms with E-state index >= 15 is 0 Å². The van der Waals surface area contributed by atoms with Crippen molar-refractivity contribution in [3.63, 3.8) is 0 Å². The molecule has 0 aliphatic heterocycles. The van der Waals surface area contributed by atoms with Gasteiger partial charge in [0.05, 0.1) is 6.26 Å². The summed E-state index contributed by atoms with van der Waals surface area (Å²) in [5.74, 6) is -0.769. The van der Waals surface area contributed by atoms with Gasteiger partial charge in [-0.3, -0.25) is 9.52 Å². The first-order chi connectivity index (χ1) is 5.87. The molecule has 0 aromatic heterocycles. The topological polar surface area (TPSA) is 89.3 Å². The second-order valence-corrected chi connectivity index (χ2v) is 4.82. The summed E-state index contributed by atoms with van der Waals surface area (Å²) in [5, 5.41) is 0. The molecule has 5 nitrogen and oxygen atoms in total. The van der Waals surface area contributed by atoms with Crippen LogP contribution in [0.15, 0.2) is 0 Å². The molecule has 0 spiro atoms. The average Bonchev–Trinajstić information content (AvgIpc) is 1.96. The summed E-state index contributed by atoms with van der Waals surface area (Å²) in [6, 6.07) is 0. The highest BCUT2D eigenvalue weighted by atomic mass is 32.2. The Morgan fingerprint density at radius 2 is 2.08 bits per heavy atom. The molecule has 0 fully saturated rings. The predicted octanol–water partition coefficient (Wildman–Crippen LogP) is -0.563. The van der Waals surface area contributed by atoms with Crippen LogP contribution in [0, 0.1) is 5.92 Å². The Hall–Kier alpha value is -0.620. The maximum absolute atomic E-state index is 11.1. The Kier molecular flexibility index (Phi) is 4.94. The van der Waals surface area contributed by atoms with Crippen LogP contribution in [-0.4, -0.2) is 27.1 Å². The molecule has 1 amide bonds. The second kappa shape index (κ2) is 5.18. The lowest BCUT2D eigenvalue weighted by atomic mass is 10.1. The van der Waals surface area contributed by atoms with Gasteiger partial charge in [0.1, 0.15) is 0 Å². The average molecular weight is 208 g/mol. The molecular formula is C7H16N2O3S. The van der Waals surface area contributed by atoms with E-state index in [4.69, 9.17) is 5.73 Å². The number of carbonyl (C=O) groups is 1. The van der Waals surface area contributed by atoms with Gasteiger partial charge < -0.3 is 5.73 Å². The molecule has 0 rings (SSSR count). The minimum Gasteiger partial charge on any atom is -0.330 e. The highest BCUT2D eigenvalue weighted by Gasteiger charge is 2.15. The second-order valence-electron chi connectivity index (χ2n) is 3.07. The van der Waals surface area contributed by atoms with E-state index in [0.717, 1.165) is 12.7 Å². The zero-order valence-electron chi connectivity index (χ0n) is 7.91. The predicted molar refractivity (Wildman–Crippen MR) is 50.4 cm³/mol. The van der Waals surface area contributed by atoms with Crippen LogP contribution in [0.3, 0.4) is 0 Å². The number of nitrogens with one attached hydrogen (secondary N) is 1. The van der Waals surface area contributed by atoms with Crippen LogP contribution in [0.4, 0.5) is 0 Å². The maximum Gasteiger partial charge on any atom is 0.236 e. The fraction of sp³-hybridized carbons (Fsp3) is 0.857. The summed E-state index contributed by atoms with van der Waals surface area (Å²) in [7, 11) is -3.42. The van der Waals surface area contributed by atoms with E-state index in [1.54, 1.807) is 6.92 Å². The number of hydrogen-bond acceptors (Lipinski definition) is 4. The Labute approximate surface area is 78.7 Å². The SMILES string of the molecule is CC(CCCN)C(=O)NS(C)(=O)=O. The van der Waals surface area contributed by atoms with Gasteiger partial charge in [-0.15, -0.1) is 0 Å². The minimum absolute atomic E-state index is 0.307. The number of sulfonamides is 1. The largest absolute Gasteiger partial charge is 0.330 e. The van der Waals surface area contributed by atoms with Crippen molar-refractivity contribution in [2.75, 3.05) is 12.8 Å². The minimum atomic E-state index is -3.42. The molecule has 0 saturated heterocycles.